The maximum absolute atomic E-state index is 12.7. The number of anilines is 1. The largest absolute Gasteiger partial charge is 0.342 e. The molecule has 27 heavy (non-hydrogen) atoms. The smallest absolute Gasteiger partial charge is 0.254 e. The van der Waals surface area contributed by atoms with Gasteiger partial charge in [0.2, 0.25) is 11.8 Å². The van der Waals surface area contributed by atoms with E-state index in [4.69, 9.17) is 0 Å². The molecule has 0 aromatic heterocycles. The van der Waals surface area contributed by atoms with E-state index < -0.39 is 6.04 Å². The van der Waals surface area contributed by atoms with E-state index in [0.717, 1.165) is 6.42 Å². The molecule has 6 heteroatoms. The molecule has 2 aromatic carbocycles. The van der Waals surface area contributed by atoms with Crippen LogP contribution in [0.15, 0.2) is 54.6 Å². The fourth-order valence-corrected chi connectivity index (χ4v) is 3.74. The van der Waals surface area contributed by atoms with Crippen molar-refractivity contribution in [3.05, 3.63) is 65.7 Å². The third-order valence-electron chi connectivity index (χ3n) is 5.24. The Morgan fingerprint density at radius 2 is 1.78 bits per heavy atom. The molecular weight excluding hydrogens is 342 g/mol. The summed E-state index contributed by atoms with van der Waals surface area (Å²) in [4.78, 5) is 39.3. The summed E-state index contributed by atoms with van der Waals surface area (Å²) in [7, 11) is 0. The average Bonchev–Trinajstić information content (AvgIpc) is 3.14. The number of hydrogen-bond acceptors (Lipinski definition) is 3. The van der Waals surface area contributed by atoms with Crippen LogP contribution in [-0.2, 0) is 9.59 Å². The predicted octanol–water partition coefficient (Wildman–Crippen LogP) is 2.14. The summed E-state index contributed by atoms with van der Waals surface area (Å²) in [6.07, 6.45) is 0.873. The van der Waals surface area contributed by atoms with Crippen LogP contribution in [0.2, 0.25) is 0 Å². The van der Waals surface area contributed by atoms with Gasteiger partial charge in [-0.05, 0) is 24.1 Å². The Morgan fingerprint density at radius 3 is 2.59 bits per heavy atom. The van der Waals surface area contributed by atoms with Crippen LogP contribution in [-0.4, -0.2) is 41.8 Å². The number of nitrogens with zero attached hydrogens (tertiary/aromatic N) is 1. The number of likely N-dealkylation sites (tertiary alicyclic amines) is 1. The number of carbonyl (C=O) groups excluding carboxylic acids is 3. The minimum Gasteiger partial charge on any atom is -0.342 e. The van der Waals surface area contributed by atoms with Crippen molar-refractivity contribution in [2.45, 2.75) is 24.8 Å². The van der Waals surface area contributed by atoms with Gasteiger partial charge in [-0.1, -0.05) is 42.5 Å². The number of nitrogens with one attached hydrogen (secondary N) is 2. The van der Waals surface area contributed by atoms with E-state index in [1.807, 2.05) is 18.2 Å². The highest BCUT2D eigenvalue weighted by Crippen LogP contribution is 2.27. The fraction of sp³-hybridized carbons (Fsp3) is 0.286. The molecule has 4 rings (SSSR count). The van der Waals surface area contributed by atoms with Crippen molar-refractivity contribution >= 4 is 23.4 Å². The molecule has 2 aliphatic rings. The van der Waals surface area contributed by atoms with Crippen LogP contribution in [0.4, 0.5) is 5.69 Å². The molecule has 2 N–H and O–H groups in total. The van der Waals surface area contributed by atoms with Gasteiger partial charge in [-0.15, -0.1) is 0 Å². The molecule has 138 valence electrons. The van der Waals surface area contributed by atoms with Crippen LogP contribution in [0.5, 0.6) is 0 Å². The highest BCUT2D eigenvalue weighted by atomic mass is 16.2. The minimum absolute atomic E-state index is 0.0347. The number of rotatable bonds is 3. The predicted molar refractivity (Wildman–Crippen MR) is 101 cm³/mol. The summed E-state index contributed by atoms with van der Waals surface area (Å²) in [5.74, 6) is -0.498. The molecule has 1 fully saturated rings. The van der Waals surface area contributed by atoms with Crippen molar-refractivity contribution in [2.24, 2.45) is 0 Å². The molecule has 0 spiro atoms. The summed E-state index contributed by atoms with van der Waals surface area (Å²) in [5, 5.41) is 5.42. The van der Waals surface area contributed by atoms with E-state index in [2.05, 4.69) is 22.8 Å². The van der Waals surface area contributed by atoms with Gasteiger partial charge in [-0.2, -0.15) is 0 Å². The lowest BCUT2D eigenvalue weighted by Gasteiger charge is -2.20. The second-order valence-electron chi connectivity index (χ2n) is 7.00. The highest BCUT2D eigenvalue weighted by molar-refractivity contribution is 6.10. The van der Waals surface area contributed by atoms with Crippen molar-refractivity contribution in [1.29, 1.82) is 0 Å². The molecule has 0 saturated carbocycles. The van der Waals surface area contributed by atoms with E-state index in [-0.39, 0.29) is 24.1 Å². The maximum Gasteiger partial charge on any atom is 0.254 e. The molecule has 0 aliphatic carbocycles. The number of para-hydroxylation sites is 1. The number of hydrogen-bond donors (Lipinski definition) is 2. The Kier molecular flexibility index (Phi) is 4.62. The van der Waals surface area contributed by atoms with E-state index in [1.54, 1.807) is 29.2 Å². The van der Waals surface area contributed by atoms with Gasteiger partial charge in [-0.25, -0.2) is 0 Å². The Balaban J connectivity index is 1.41. The van der Waals surface area contributed by atoms with Crippen LogP contribution < -0.4 is 10.6 Å². The van der Waals surface area contributed by atoms with Gasteiger partial charge in [0.15, 0.2) is 0 Å². The standard InChI is InChI=1S/C21H21N3O3/c25-19(24-11-10-15(13-24)14-6-2-1-3-7-14)12-18-21(27)22-17-9-5-4-8-16(17)20(26)23-18/h1-9,15,18H,10-13H2,(H,22,27)(H,23,26)/t15-,18+/m1/s1. The summed E-state index contributed by atoms with van der Waals surface area (Å²) in [6.45, 7) is 1.31. The van der Waals surface area contributed by atoms with Gasteiger partial charge in [0, 0.05) is 19.0 Å². The van der Waals surface area contributed by atoms with Crippen LogP contribution in [0.25, 0.3) is 0 Å². The van der Waals surface area contributed by atoms with Crippen LogP contribution in [0, 0.1) is 0 Å². The second-order valence-corrected chi connectivity index (χ2v) is 7.00. The minimum atomic E-state index is -0.867. The first-order valence-electron chi connectivity index (χ1n) is 9.15. The quantitative estimate of drug-likeness (QED) is 0.877. The Hall–Kier alpha value is -3.15. The van der Waals surface area contributed by atoms with Crippen LogP contribution >= 0.6 is 0 Å². The van der Waals surface area contributed by atoms with E-state index >= 15 is 0 Å². The van der Waals surface area contributed by atoms with E-state index in [1.165, 1.54) is 5.56 Å². The number of benzene rings is 2. The molecule has 2 atom stereocenters. The van der Waals surface area contributed by atoms with Gasteiger partial charge in [0.1, 0.15) is 6.04 Å². The van der Waals surface area contributed by atoms with Gasteiger partial charge in [-0.3, -0.25) is 14.4 Å². The third kappa shape index (κ3) is 3.56. The molecule has 0 unspecified atom stereocenters. The van der Waals surface area contributed by atoms with E-state index in [0.29, 0.717) is 30.3 Å². The molecule has 3 amide bonds. The van der Waals surface area contributed by atoms with Gasteiger partial charge in [0.05, 0.1) is 17.7 Å². The lowest BCUT2D eigenvalue weighted by molar-refractivity contribution is -0.132. The normalized spacial score (nSPS) is 21.9. The summed E-state index contributed by atoms with van der Waals surface area (Å²) >= 11 is 0. The Labute approximate surface area is 157 Å². The molecular formula is C21H21N3O3. The Morgan fingerprint density at radius 1 is 1.04 bits per heavy atom. The first-order valence-corrected chi connectivity index (χ1v) is 9.15. The molecule has 2 heterocycles. The molecule has 2 aliphatic heterocycles. The maximum atomic E-state index is 12.7. The van der Waals surface area contributed by atoms with Crippen molar-refractivity contribution in [2.75, 3.05) is 18.4 Å². The van der Waals surface area contributed by atoms with Crippen molar-refractivity contribution in [1.82, 2.24) is 10.2 Å². The number of fused-ring (bicyclic) bond motifs is 1. The van der Waals surface area contributed by atoms with Crippen molar-refractivity contribution in [3.8, 4) is 0 Å². The second kappa shape index (κ2) is 7.23. The van der Waals surface area contributed by atoms with Gasteiger partial charge < -0.3 is 15.5 Å². The first kappa shape index (κ1) is 17.3. The Bertz CT molecular complexity index is 881. The monoisotopic (exact) mass is 363 g/mol. The third-order valence-corrected chi connectivity index (χ3v) is 5.24. The van der Waals surface area contributed by atoms with Gasteiger partial charge in [0.25, 0.3) is 5.91 Å². The van der Waals surface area contributed by atoms with Crippen LogP contribution in [0.1, 0.15) is 34.7 Å². The molecule has 2 aromatic rings. The lowest BCUT2D eigenvalue weighted by Crippen LogP contribution is -2.45. The number of carbonyl (C=O) groups is 3. The van der Waals surface area contributed by atoms with E-state index in [9.17, 15) is 14.4 Å². The zero-order chi connectivity index (χ0) is 18.8. The molecule has 6 nitrogen and oxygen atoms in total. The van der Waals surface area contributed by atoms with Crippen LogP contribution in [0.3, 0.4) is 0 Å². The average molecular weight is 363 g/mol. The summed E-state index contributed by atoms with van der Waals surface area (Å²) < 4.78 is 0. The van der Waals surface area contributed by atoms with Crippen molar-refractivity contribution in [3.63, 3.8) is 0 Å². The molecule has 0 radical (unpaired) electrons. The van der Waals surface area contributed by atoms with Crippen molar-refractivity contribution < 1.29 is 14.4 Å². The topological polar surface area (TPSA) is 78.5 Å². The number of amides is 3. The lowest BCUT2D eigenvalue weighted by atomic mass is 9.99. The fourth-order valence-electron chi connectivity index (χ4n) is 3.74. The molecule has 0 bridgehead atoms. The summed E-state index contributed by atoms with van der Waals surface area (Å²) in [6, 6.07) is 16.1. The molecule has 1 saturated heterocycles. The summed E-state index contributed by atoms with van der Waals surface area (Å²) in [5.41, 5.74) is 2.11. The van der Waals surface area contributed by atoms with Gasteiger partial charge >= 0.3 is 0 Å². The highest BCUT2D eigenvalue weighted by Gasteiger charge is 2.33. The first-order chi connectivity index (χ1) is 13.1. The zero-order valence-corrected chi connectivity index (χ0v) is 14.9. The SMILES string of the molecule is O=C1N[C@@H](CC(=O)N2CC[C@@H](c3ccccc3)C2)C(=O)Nc2ccccc21. The zero-order valence-electron chi connectivity index (χ0n) is 14.9.